The molecule has 0 amide bonds. The smallest absolute Gasteiger partial charge is 0.401 e. The number of pyridine rings is 2. The molecule has 1 saturated heterocycles. The molecule has 0 saturated carbocycles. The van der Waals surface area contributed by atoms with E-state index in [1.54, 1.807) is 19.5 Å². The Balaban J connectivity index is 1.29. The maximum absolute atomic E-state index is 12.9. The number of nitriles is 1. The van der Waals surface area contributed by atoms with Gasteiger partial charge < -0.3 is 14.6 Å². The average molecular weight is 563 g/mol. The number of piperidine rings is 1. The van der Waals surface area contributed by atoms with Crippen LogP contribution in [-0.2, 0) is 19.1 Å². The van der Waals surface area contributed by atoms with Crippen LogP contribution in [0.1, 0.15) is 29.8 Å². The van der Waals surface area contributed by atoms with Crippen molar-refractivity contribution in [1.82, 2.24) is 29.3 Å². The zero-order valence-corrected chi connectivity index (χ0v) is 23.0. The van der Waals surface area contributed by atoms with Crippen molar-refractivity contribution in [1.29, 1.82) is 5.26 Å². The zero-order chi connectivity index (χ0) is 28.9. The van der Waals surface area contributed by atoms with E-state index in [1.165, 1.54) is 4.90 Å². The molecule has 0 unspecified atom stereocenters. The van der Waals surface area contributed by atoms with Gasteiger partial charge in [0, 0.05) is 38.3 Å². The highest BCUT2D eigenvalue weighted by molar-refractivity contribution is 5.93. The van der Waals surface area contributed by atoms with Crippen LogP contribution in [-0.4, -0.2) is 69.3 Å². The minimum atomic E-state index is -4.20. The number of nitrogens with zero attached hydrogens (tertiary/aromatic N) is 7. The van der Waals surface area contributed by atoms with Crippen LogP contribution in [0.5, 0.6) is 5.75 Å². The van der Waals surface area contributed by atoms with Gasteiger partial charge >= 0.3 is 6.18 Å². The lowest BCUT2D eigenvalue weighted by atomic mass is 9.81. The number of rotatable bonds is 5. The summed E-state index contributed by atoms with van der Waals surface area (Å²) in [5, 5.41) is 13.2. The molecule has 12 heteroatoms. The number of hydrogen-bond donors (Lipinski definition) is 1. The quantitative estimate of drug-likeness (QED) is 0.365. The molecule has 2 aliphatic heterocycles. The Kier molecular flexibility index (Phi) is 6.59. The summed E-state index contributed by atoms with van der Waals surface area (Å²) >= 11 is 0. The van der Waals surface area contributed by atoms with Gasteiger partial charge in [-0.1, -0.05) is 18.2 Å². The van der Waals surface area contributed by atoms with Crippen molar-refractivity contribution >= 4 is 22.5 Å². The number of methoxy groups -OCH3 is 1. The van der Waals surface area contributed by atoms with Gasteiger partial charge in [0.05, 0.1) is 47.9 Å². The number of imidazole rings is 1. The maximum atomic E-state index is 12.9. The molecule has 1 N–H and O–H groups in total. The van der Waals surface area contributed by atoms with Gasteiger partial charge in [0.1, 0.15) is 23.3 Å². The molecule has 1 aromatic carbocycles. The second kappa shape index (κ2) is 10.0. The molecule has 4 aromatic rings. The molecular formula is C29H29F3N8O. The molecular weight excluding hydrogens is 533 g/mol. The van der Waals surface area contributed by atoms with Crippen molar-refractivity contribution in [2.24, 2.45) is 7.05 Å². The summed E-state index contributed by atoms with van der Waals surface area (Å²) in [6.07, 6.45) is -1.26. The van der Waals surface area contributed by atoms with Gasteiger partial charge in [0.2, 0.25) is 0 Å². The van der Waals surface area contributed by atoms with Crippen LogP contribution in [0.4, 0.5) is 24.7 Å². The molecule has 0 atom stereocenters. The Hall–Kier alpha value is -4.21. The maximum Gasteiger partial charge on any atom is 0.401 e. The van der Waals surface area contributed by atoms with E-state index in [-0.39, 0.29) is 11.2 Å². The van der Waals surface area contributed by atoms with Crippen LogP contribution >= 0.6 is 0 Å². The summed E-state index contributed by atoms with van der Waals surface area (Å²) in [4.78, 5) is 17.7. The van der Waals surface area contributed by atoms with Gasteiger partial charge in [0.15, 0.2) is 5.69 Å². The van der Waals surface area contributed by atoms with Crippen molar-refractivity contribution in [2.45, 2.75) is 31.1 Å². The standard InChI is InChI=1S/C29H29F3N8O/c1-38-17-34-26-18(5-4-6-23(26)38)27-24(41-3)13-20(21(14-33)37-27)35-25-8-7-19-22(36-25)15-39(2)28(19)9-11-40(12-10-28)16-29(30,31)32/h4-8,13,17H,9-12,15-16H2,1-3H3,(H,35,36). The summed E-state index contributed by atoms with van der Waals surface area (Å²) in [5.41, 5.74) is 5.19. The Bertz CT molecular complexity index is 1670. The Morgan fingerprint density at radius 2 is 1.90 bits per heavy atom. The number of anilines is 2. The fourth-order valence-corrected chi connectivity index (χ4v) is 6.19. The number of alkyl halides is 3. The molecule has 2 aliphatic rings. The first-order chi connectivity index (χ1) is 19.6. The minimum Gasteiger partial charge on any atom is -0.494 e. The van der Waals surface area contributed by atoms with Gasteiger partial charge in [-0.3, -0.25) is 9.80 Å². The molecule has 3 aromatic heterocycles. The predicted molar refractivity (Wildman–Crippen MR) is 148 cm³/mol. The number of para-hydroxylation sites is 1. The molecule has 212 valence electrons. The van der Waals surface area contributed by atoms with Crippen LogP contribution in [0.2, 0.25) is 0 Å². The molecule has 41 heavy (non-hydrogen) atoms. The normalized spacial score (nSPS) is 17.1. The minimum absolute atomic E-state index is 0.182. The lowest BCUT2D eigenvalue weighted by molar-refractivity contribution is -0.151. The lowest BCUT2D eigenvalue weighted by Crippen LogP contribution is -2.50. The van der Waals surface area contributed by atoms with Gasteiger partial charge in [-0.15, -0.1) is 0 Å². The van der Waals surface area contributed by atoms with Gasteiger partial charge in [-0.25, -0.2) is 15.0 Å². The molecule has 0 bridgehead atoms. The lowest BCUT2D eigenvalue weighted by Gasteiger charge is -2.44. The summed E-state index contributed by atoms with van der Waals surface area (Å²) in [5.74, 6) is 1.03. The first-order valence-corrected chi connectivity index (χ1v) is 13.3. The van der Waals surface area contributed by atoms with Crippen LogP contribution < -0.4 is 10.1 Å². The molecule has 6 rings (SSSR count). The Labute approximate surface area is 235 Å². The molecule has 0 aliphatic carbocycles. The summed E-state index contributed by atoms with van der Waals surface area (Å²) in [6, 6.07) is 13.5. The number of aryl methyl sites for hydroxylation is 1. The van der Waals surface area contributed by atoms with E-state index < -0.39 is 12.7 Å². The van der Waals surface area contributed by atoms with Crippen LogP contribution in [0.25, 0.3) is 22.3 Å². The van der Waals surface area contributed by atoms with Crippen molar-refractivity contribution in [3.05, 3.63) is 59.7 Å². The average Bonchev–Trinajstić information content (AvgIpc) is 3.45. The number of halogens is 3. The number of likely N-dealkylation sites (tertiary alicyclic amines) is 1. The first-order valence-electron chi connectivity index (χ1n) is 13.3. The van der Waals surface area contributed by atoms with Crippen LogP contribution in [0, 0.1) is 11.3 Å². The topological polar surface area (TPSA) is 95.1 Å². The summed E-state index contributed by atoms with van der Waals surface area (Å²) < 4.78 is 46.4. The van der Waals surface area contributed by atoms with Crippen molar-refractivity contribution < 1.29 is 17.9 Å². The van der Waals surface area contributed by atoms with E-state index in [9.17, 15) is 18.4 Å². The monoisotopic (exact) mass is 562 g/mol. The molecule has 0 radical (unpaired) electrons. The van der Waals surface area contributed by atoms with Gasteiger partial charge in [-0.2, -0.15) is 18.4 Å². The van der Waals surface area contributed by atoms with Crippen LogP contribution in [0.3, 0.4) is 0 Å². The highest BCUT2D eigenvalue weighted by Gasteiger charge is 2.47. The molecule has 1 fully saturated rings. The number of ether oxygens (including phenoxy) is 1. The summed E-state index contributed by atoms with van der Waals surface area (Å²) in [6.45, 7) is 0.455. The third-order valence-electron chi connectivity index (χ3n) is 8.27. The third kappa shape index (κ3) is 4.75. The largest absolute Gasteiger partial charge is 0.494 e. The number of benzene rings is 1. The van der Waals surface area contributed by atoms with E-state index in [1.807, 2.05) is 49.0 Å². The van der Waals surface area contributed by atoms with Gasteiger partial charge in [0.25, 0.3) is 0 Å². The fourth-order valence-electron chi connectivity index (χ4n) is 6.19. The number of aromatic nitrogens is 4. The highest BCUT2D eigenvalue weighted by atomic mass is 19.4. The summed E-state index contributed by atoms with van der Waals surface area (Å²) in [7, 11) is 5.47. The van der Waals surface area contributed by atoms with E-state index in [4.69, 9.17) is 9.72 Å². The SMILES string of the molecule is COc1cc(Nc2ccc3c(n2)CN(C)C32CCN(CC(F)(F)F)CC2)c(C#N)nc1-c1cccc2c1ncn2C. The number of fused-ring (bicyclic) bond motifs is 3. The molecule has 5 heterocycles. The molecule has 9 nitrogen and oxygen atoms in total. The van der Waals surface area contributed by atoms with E-state index >= 15 is 0 Å². The van der Waals surface area contributed by atoms with Gasteiger partial charge in [-0.05, 0) is 37.6 Å². The third-order valence-corrected chi connectivity index (χ3v) is 8.27. The Morgan fingerprint density at radius 1 is 1.12 bits per heavy atom. The molecule has 1 spiro atoms. The zero-order valence-electron chi connectivity index (χ0n) is 23.0. The van der Waals surface area contributed by atoms with Crippen molar-refractivity contribution in [2.75, 3.05) is 39.1 Å². The second-order valence-electron chi connectivity index (χ2n) is 10.7. The predicted octanol–water partition coefficient (Wildman–Crippen LogP) is 4.95. The van der Waals surface area contributed by atoms with E-state index in [0.717, 1.165) is 27.9 Å². The first kappa shape index (κ1) is 27.0. The van der Waals surface area contributed by atoms with Crippen molar-refractivity contribution in [3.63, 3.8) is 0 Å². The van der Waals surface area contributed by atoms with Crippen molar-refractivity contribution in [3.8, 4) is 23.1 Å². The number of nitrogens with one attached hydrogen (secondary N) is 1. The van der Waals surface area contributed by atoms with E-state index in [2.05, 4.69) is 26.3 Å². The van der Waals surface area contributed by atoms with E-state index in [0.29, 0.717) is 55.4 Å². The highest BCUT2D eigenvalue weighted by Crippen LogP contribution is 2.46. The number of hydrogen-bond acceptors (Lipinski definition) is 8. The second-order valence-corrected chi connectivity index (χ2v) is 10.7. The van der Waals surface area contributed by atoms with Crippen LogP contribution in [0.15, 0.2) is 42.7 Å². The Morgan fingerprint density at radius 3 is 2.61 bits per heavy atom. The fraction of sp³-hybridized carbons (Fsp3) is 0.379.